The average molecular weight is 318 g/mol. The Morgan fingerprint density at radius 2 is 2.10 bits per heavy atom. The van der Waals surface area contributed by atoms with Gasteiger partial charge in [-0.3, -0.25) is 0 Å². The second-order valence-electron chi connectivity index (χ2n) is 4.99. The van der Waals surface area contributed by atoms with Crippen LogP contribution in [0.1, 0.15) is 31.4 Å². The molecule has 0 aliphatic heterocycles. The molecule has 0 saturated heterocycles. The van der Waals surface area contributed by atoms with Crippen molar-refractivity contribution in [1.82, 2.24) is 4.72 Å². The smallest absolute Gasteiger partial charge is 0.211 e. The van der Waals surface area contributed by atoms with E-state index in [0.717, 1.165) is 0 Å². The zero-order valence-corrected chi connectivity index (χ0v) is 13.2. The molecular formula is C13H19FN2O2S2. The van der Waals surface area contributed by atoms with E-state index in [-0.39, 0.29) is 22.8 Å². The number of thiocarbonyl (C=S) groups is 1. The Kier molecular flexibility index (Phi) is 6.04. The Balaban J connectivity index is 2.68. The minimum absolute atomic E-state index is 0.0389. The van der Waals surface area contributed by atoms with E-state index in [0.29, 0.717) is 17.9 Å². The zero-order valence-electron chi connectivity index (χ0n) is 11.5. The van der Waals surface area contributed by atoms with Gasteiger partial charge in [0.25, 0.3) is 0 Å². The van der Waals surface area contributed by atoms with Crippen molar-refractivity contribution in [2.24, 2.45) is 11.7 Å². The second-order valence-corrected chi connectivity index (χ2v) is 7.36. The quantitative estimate of drug-likeness (QED) is 0.754. The summed E-state index contributed by atoms with van der Waals surface area (Å²) in [5.41, 5.74) is 6.08. The number of benzene rings is 1. The van der Waals surface area contributed by atoms with Crippen LogP contribution in [-0.2, 0) is 16.6 Å². The third kappa shape index (κ3) is 5.52. The van der Waals surface area contributed by atoms with Gasteiger partial charge >= 0.3 is 0 Å². The standard InChI is InChI=1S/C13H19FN2O2S2/c1-9(2)5-6-20(17,18)16-8-11-4-3-10(13(15)19)7-12(11)14/h3-4,7,9,16H,5-6,8H2,1-2H3,(H2,15,19). The van der Waals surface area contributed by atoms with Crippen LogP contribution in [-0.4, -0.2) is 19.2 Å². The second kappa shape index (κ2) is 7.10. The normalized spacial score (nSPS) is 11.8. The Morgan fingerprint density at radius 1 is 1.45 bits per heavy atom. The van der Waals surface area contributed by atoms with E-state index < -0.39 is 15.8 Å². The molecule has 0 spiro atoms. The SMILES string of the molecule is CC(C)CCS(=O)(=O)NCc1ccc(C(N)=S)cc1F. The summed E-state index contributed by atoms with van der Waals surface area (Å²) in [6.45, 7) is 3.82. The molecule has 0 aliphatic carbocycles. The molecule has 0 aromatic heterocycles. The number of hydrogen-bond donors (Lipinski definition) is 2. The Morgan fingerprint density at radius 3 is 2.60 bits per heavy atom. The van der Waals surface area contributed by atoms with Crippen molar-refractivity contribution in [3.8, 4) is 0 Å². The predicted molar refractivity (Wildman–Crippen MR) is 82.4 cm³/mol. The Hall–Kier alpha value is -1.05. The molecule has 112 valence electrons. The lowest BCUT2D eigenvalue weighted by atomic mass is 10.1. The molecule has 4 nitrogen and oxygen atoms in total. The largest absolute Gasteiger partial charge is 0.389 e. The highest BCUT2D eigenvalue weighted by Gasteiger charge is 2.13. The first-order chi connectivity index (χ1) is 9.21. The third-order valence-corrected chi connectivity index (χ3v) is 4.38. The number of nitrogens with two attached hydrogens (primary N) is 1. The minimum atomic E-state index is -3.39. The van der Waals surface area contributed by atoms with Crippen LogP contribution in [0, 0.1) is 11.7 Å². The lowest BCUT2D eigenvalue weighted by Gasteiger charge is -2.09. The van der Waals surface area contributed by atoms with Crippen LogP contribution >= 0.6 is 12.2 Å². The van der Waals surface area contributed by atoms with Gasteiger partial charge < -0.3 is 5.73 Å². The number of halogens is 1. The van der Waals surface area contributed by atoms with E-state index in [1.165, 1.54) is 12.1 Å². The summed E-state index contributed by atoms with van der Waals surface area (Å²) >= 11 is 4.75. The van der Waals surface area contributed by atoms with Crippen LogP contribution in [0.25, 0.3) is 0 Å². The number of sulfonamides is 1. The molecule has 1 aromatic carbocycles. The van der Waals surface area contributed by atoms with Gasteiger partial charge in [0, 0.05) is 17.7 Å². The van der Waals surface area contributed by atoms with E-state index in [1.54, 1.807) is 6.07 Å². The maximum absolute atomic E-state index is 13.7. The molecule has 0 amide bonds. The van der Waals surface area contributed by atoms with Crippen molar-refractivity contribution >= 4 is 27.2 Å². The number of rotatable bonds is 7. The molecule has 0 unspecified atom stereocenters. The minimum Gasteiger partial charge on any atom is -0.389 e. The summed E-state index contributed by atoms with van der Waals surface area (Å²) < 4.78 is 39.6. The van der Waals surface area contributed by atoms with Gasteiger partial charge in [-0.1, -0.05) is 38.2 Å². The zero-order chi connectivity index (χ0) is 15.3. The molecule has 1 aromatic rings. The highest BCUT2D eigenvalue weighted by atomic mass is 32.2. The van der Waals surface area contributed by atoms with Crippen LogP contribution in [0.3, 0.4) is 0 Å². The highest BCUT2D eigenvalue weighted by molar-refractivity contribution is 7.89. The molecule has 20 heavy (non-hydrogen) atoms. The van der Waals surface area contributed by atoms with Crippen LogP contribution in [0.5, 0.6) is 0 Å². The summed E-state index contributed by atoms with van der Waals surface area (Å²) in [5, 5.41) is 0. The topological polar surface area (TPSA) is 72.2 Å². The lowest BCUT2D eigenvalue weighted by molar-refractivity contribution is 0.558. The van der Waals surface area contributed by atoms with Gasteiger partial charge in [0.1, 0.15) is 10.8 Å². The van der Waals surface area contributed by atoms with Crippen LogP contribution in [0.2, 0.25) is 0 Å². The first kappa shape index (κ1) is 17.0. The van der Waals surface area contributed by atoms with Crippen molar-refractivity contribution < 1.29 is 12.8 Å². The van der Waals surface area contributed by atoms with E-state index >= 15 is 0 Å². The van der Waals surface area contributed by atoms with Gasteiger partial charge in [0.2, 0.25) is 10.0 Å². The Labute approximate surface area is 124 Å². The lowest BCUT2D eigenvalue weighted by Crippen LogP contribution is -2.27. The van der Waals surface area contributed by atoms with Gasteiger partial charge in [0.05, 0.1) is 5.75 Å². The molecule has 0 fully saturated rings. The van der Waals surface area contributed by atoms with Gasteiger partial charge in [-0.05, 0) is 18.4 Å². The number of hydrogen-bond acceptors (Lipinski definition) is 3. The van der Waals surface area contributed by atoms with E-state index in [2.05, 4.69) is 4.72 Å². The molecule has 1 rings (SSSR count). The highest BCUT2D eigenvalue weighted by Crippen LogP contribution is 2.11. The van der Waals surface area contributed by atoms with Crippen molar-refractivity contribution in [3.05, 3.63) is 35.1 Å². The van der Waals surface area contributed by atoms with Gasteiger partial charge in [0.15, 0.2) is 0 Å². The maximum atomic E-state index is 13.7. The summed E-state index contributed by atoms with van der Waals surface area (Å²) in [6, 6.07) is 4.26. The molecule has 0 saturated carbocycles. The summed E-state index contributed by atoms with van der Waals surface area (Å²) in [4.78, 5) is 0.105. The van der Waals surface area contributed by atoms with Crippen molar-refractivity contribution in [1.29, 1.82) is 0 Å². The van der Waals surface area contributed by atoms with Crippen molar-refractivity contribution in [2.45, 2.75) is 26.8 Å². The van der Waals surface area contributed by atoms with Crippen LogP contribution in [0.4, 0.5) is 4.39 Å². The van der Waals surface area contributed by atoms with Crippen molar-refractivity contribution in [2.75, 3.05) is 5.75 Å². The monoisotopic (exact) mass is 318 g/mol. The molecule has 0 atom stereocenters. The Bertz CT molecular complexity index is 586. The summed E-state index contributed by atoms with van der Waals surface area (Å²) in [7, 11) is -3.39. The first-order valence-electron chi connectivity index (χ1n) is 6.27. The molecule has 0 heterocycles. The molecule has 7 heteroatoms. The maximum Gasteiger partial charge on any atom is 0.211 e. The first-order valence-corrected chi connectivity index (χ1v) is 8.33. The summed E-state index contributed by atoms with van der Waals surface area (Å²) in [5.74, 6) is -0.188. The van der Waals surface area contributed by atoms with E-state index in [4.69, 9.17) is 18.0 Å². The van der Waals surface area contributed by atoms with Gasteiger partial charge in [-0.2, -0.15) is 0 Å². The molecule has 0 aliphatic rings. The fraction of sp³-hybridized carbons (Fsp3) is 0.462. The fourth-order valence-electron chi connectivity index (χ4n) is 1.49. The average Bonchev–Trinajstić information content (AvgIpc) is 2.35. The molecular weight excluding hydrogens is 299 g/mol. The third-order valence-electron chi connectivity index (χ3n) is 2.78. The molecule has 0 bridgehead atoms. The predicted octanol–water partition coefficient (Wildman–Crippen LogP) is 1.93. The summed E-state index contributed by atoms with van der Waals surface area (Å²) in [6.07, 6.45) is 0.568. The van der Waals surface area contributed by atoms with E-state index in [1.807, 2.05) is 13.8 Å². The molecule has 0 radical (unpaired) electrons. The van der Waals surface area contributed by atoms with E-state index in [9.17, 15) is 12.8 Å². The molecule has 3 N–H and O–H groups in total. The van der Waals surface area contributed by atoms with Crippen LogP contribution < -0.4 is 10.5 Å². The van der Waals surface area contributed by atoms with Crippen molar-refractivity contribution in [3.63, 3.8) is 0 Å². The van der Waals surface area contributed by atoms with Crippen LogP contribution in [0.15, 0.2) is 18.2 Å². The van der Waals surface area contributed by atoms with Gasteiger partial charge in [-0.25, -0.2) is 17.5 Å². The fourth-order valence-corrected chi connectivity index (χ4v) is 2.92. The number of nitrogens with one attached hydrogen (secondary N) is 1. The van der Waals surface area contributed by atoms with Gasteiger partial charge in [-0.15, -0.1) is 0 Å².